The Hall–Kier alpha value is -1.25. The second-order valence-corrected chi connectivity index (χ2v) is 4.62. The van der Waals surface area contributed by atoms with E-state index in [0.717, 1.165) is 0 Å². The Kier molecular flexibility index (Phi) is 4.16. The van der Waals surface area contributed by atoms with Crippen LogP contribution in [-0.4, -0.2) is 21.4 Å². The van der Waals surface area contributed by atoms with Crippen molar-refractivity contribution in [2.24, 2.45) is 5.84 Å². The molecule has 90 valence electrons. The van der Waals surface area contributed by atoms with Crippen LogP contribution < -0.4 is 16.0 Å². The number of hydrogen-bond acceptors (Lipinski definition) is 4. The molecule has 1 aromatic carbocycles. The molecule has 0 unspecified atom stereocenters. The first-order valence-electron chi connectivity index (χ1n) is 4.31. The number of nitrogens with two attached hydrogens (primary N) is 1. The summed E-state index contributed by atoms with van der Waals surface area (Å²) in [5, 5.41) is 0. The number of rotatable bonds is 5. The Labute approximate surface area is 91.7 Å². The first-order valence-corrected chi connectivity index (χ1v) is 5.79. The molecule has 0 saturated carbocycles. The van der Waals surface area contributed by atoms with E-state index in [1.54, 1.807) is 10.8 Å². The molecule has 1 rings (SSSR count). The van der Waals surface area contributed by atoms with Gasteiger partial charge in [0.15, 0.2) is 0 Å². The Morgan fingerprint density at radius 2 is 1.94 bits per heavy atom. The summed E-state index contributed by atoms with van der Waals surface area (Å²) in [6, 6.07) is 5.74. The third kappa shape index (κ3) is 3.12. The molecule has 0 aromatic heterocycles. The molecular weight excluding hydrogens is 240 g/mol. The van der Waals surface area contributed by atoms with Gasteiger partial charge in [-0.2, -0.15) is 0 Å². The third-order valence-corrected chi connectivity index (χ3v) is 3.24. The minimum Gasteiger partial charge on any atom is -0.323 e. The zero-order valence-corrected chi connectivity index (χ0v) is 8.97. The topological polar surface area (TPSA) is 84.2 Å². The van der Waals surface area contributed by atoms with Gasteiger partial charge in [0, 0.05) is 0 Å². The van der Waals surface area contributed by atoms with E-state index >= 15 is 0 Å². The Balaban J connectivity index is 2.98. The maximum Gasteiger partial charge on any atom is 0.251 e. The molecule has 4 N–H and O–H groups in total. The molecule has 8 heteroatoms. The summed E-state index contributed by atoms with van der Waals surface area (Å²) in [6.45, 7) is -0.929. The lowest BCUT2D eigenvalue weighted by atomic mass is 10.3. The molecule has 1 aromatic rings. The van der Waals surface area contributed by atoms with Crippen LogP contribution in [0.3, 0.4) is 0 Å². The smallest absolute Gasteiger partial charge is 0.251 e. The van der Waals surface area contributed by atoms with Gasteiger partial charge in [0.2, 0.25) is 10.0 Å². The molecule has 0 atom stereocenters. The average molecular weight is 251 g/mol. The van der Waals surface area contributed by atoms with Gasteiger partial charge in [0.05, 0.1) is 12.2 Å². The van der Waals surface area contributed by atoms with Gasteiger partial charge in [-0.25, -0.2) is 21.9 Å². The summed E-state index contributed by atoms with van der Waals surface area (Å²) in [7, 11) is -3.97. The molecule has 0 spiro atoms. The highest BCUT2D eigenvalue weighted by atomic mass is 32.2. The summed E-state index contributed by atoms with van der Waals surface area (Å²) >= 11 is 0. The first kappa shape index (κ1) is 12.8. The number of halogens is 2. The Bertz CT molecular complexity index is 450. The van der Waals surface area contributed by atoms with Gasteiger partial charge in [-0.3, -0.25) is 5.84 Å². The van der Waals surface area contributed by atoms with Crippen LogP contribution in [0.5, 0.6) is 0 Å². The van der Waals surface area contributed by atoms with Gasteiger partial charge in [-0.15, -0.1) is 0 Å². The Morgan fingerprint density at radius 3 is 2.50 bits per heavy atom. The molecule has 5 nitrogen and oxygen atoms in total. The predicted molar refractivity (Wildman–Crippen MR) is 55.4 cm³/mol. The SMILES string of the molecule is NNc1ccccc1S(=O)(=O)NCC(F)F. The summed E-state index contributed by atoms with van der Waals surface area (Å²) < 4.78 is 48.7. The summed E-state index contributed by atoms with van der Waals surface area (Å²) in [6.07, 6.45) is -2.74. The van der Waals surface area contributed by atoms with Crippen molar-refractivity contribution >= 4 is 15.7 Å². The zero-order chi connectivity index (χ0) is 12.2. The van der Waals surface area contributed by atoms with Gasteiger partial charge in [-0.1, -0.05) is 12.1 Å². The van der Waals surface area contributed by atoms with E-state index < -0.39 is 23.0 Å². The van der Waals surface area contributed by atoms with Gasteiger partial charge >= 0.3 is 0 Å². The number of nitrogens with one attached hydrogen (secondary N) is 2. The zero-order valence-electron chi connectivity index (χ0n) is 8.15. The fourth-order valence-corrected chi connectivity index (χ4v) is 2.25. The van der Waals surface area contributed by atoms with E-state index in [1.165, 1.54) is 18.2 Å². The third-order valence-electron chi connectivity index (χ3n) is 1.76. The summed E-state index contributed by atoms with van der Waals surface area (Å²) in [4.78, 5) is -0.168. The number of anilines is 1. The number of alkyl halides is 2. The van der Waals surface area contributed by atoms with E-state index in [9.17, 15) is 17.2 Å². The van der Waals surface area contributed by atoms with Crippen molar-refractivity contribution in [2.75, 3.05) is 12.0 Å². The van der Waals surface area contributed by atoms with Crippen LogP contribution in [0.15, 0.2) is 29.2 Å². The van der Waals surface area contributed by atoms with E-state index in [0.29, 0.717) is 0 Å². The van der Waals surface area contributed by atoms with Crippen molar-refractivity contribution in [1.82, 2.24) is 4.72 Å². The summed E-state index contributed by atoms with van der Waals surface area (Å²) in [5.41, 5.74) is 2.33. The molecule has 0 aliphatic rings. The van der Waals surface area contributed by atoms with Crippen LogP contribution in [0.4, 0.5) is 14.5 Å². The fourth-order valence-electron chi connectivity index (χ4n) is 1.07. The molecule has 0 fully saturated rings. The van der Waals surface area contributed by atoms with Crippen molar-refractivity contribution in [3.8, 4) is 0 Å². The van der Waals surface area contributed by atoms with Crippen LogP contribution >= 0.6 is 0 Å². The largest absolute Gasteiger partial charge is 0.323 e. The molecule has 0 aliphatic carbocycles. The highest BCUT2D eigenvalue weighted by Crippen LogP contribution is 2.19. The minimum absolute atomic E-state index is 0.143. The van der Waals surface area contributed by atoms with E-state index in [4.69, 9.17) is 5.84 Å². The number of hydrazine groups is 1. The maximum absolute atomic E-state index is 11.9. The number of sulfonamides is 1. The standard InChI is InChI=1S/C8H11F2N3O2S/c9-8(10)5-12-16(14,15)7-4-2-1-3-6(7)13-11/h1-4,8,12-13H,5,11H2. The van der Waals surface area contributed by atoms with Crippen LogP contribution in [0.2, 0.25) is 0 Å². The quantitative estimate of drug-likeness (QED) is 0.526. The van der Waals surface area contributed by atoms with Crippen LogP contribution in [0, 0.1) is 0 Å². The highest BCUT2D eigenvalue weighted by molar-refractivity contribution is 7.89. The van der Waals surface area contributed by atoms with Gasteiger partial charge in [0.1, 0.15) is 4.90 Å². The number of para-hydroxylation sites is 1. The fraction of sp³-hybridized carbons (Fsp3) is 0.250. The van der Waals surface area contributed by atoms with Crippen LogP contribution in [0.1, 0.15) is 0 Å². The second-order valence-electron chi connectivity index (χ2n) is 2.88. The van der Waals surface area contributed by atoms with Gasteiger partial charge in [-0.05, 0) is 12.1 Å². The van der Waals surface area contributed by atoms with Crippen molar-refractivity contribution in [1.29, 1.82) is 0 Å². The van der Waals surface area contributed by atoms with E-state index in [2.05, 4.69) is 5.43 Å². The number of nitrogen functional groups attached to an aromatic ring is 1. The molecule has 0 radical (unpaired) electrons. The molecule has 0 amide bonds. The molecule has 16 heavy (non-hydrogen) atoms. The molecule has 0 bridgehead atoms. The number of benzene rings is 1. The minimum atomic E-state index is -3.97. The normalized spacial score (nSPS) is 11.8. The summed E-state index contributed by atoms with van der Waals surface area (Å²) in [5.74, 6) is 5.11. The monoisotopic (exact) mass is 251 g/mol. The molecule has 0 heterocycles. The number of hydrogen-bond donors (Lipinski definition) is 3. The predicted octanol–water partition coefficient (Wildman–Crippen LogP) is 0.516. The molecule has 0 aliphatic heterocycles. The van der Waals surface area contributed by atoms with Crippen molar-refractivity contribution in [2.45, 2.75) is 11.3 Å². The molecule has 0 saturated heterocycles. The van der Waals surface area contributed by atoms with E-state index in [1.807, 2.05) is 0 Å². The molecular formula is C8H11F2N3O2S. The van der Waals surface area contributed by atoms with Crippen molar-refractivity contribution in [3.63, 3.8) is 0 Å². The van der Waals surface area contributed by atoms with Gasteiger partial charge in [0.25, 0.3) is 6.43 Å². The lowest BCUT2D eigenvalue weighted by Gasteiger charge is -2.10. The lowest BCUT2D eigenvalue weighted by Crippen LogP contribution is -2.29. The maximum atomic E-state index is 11.9. The van der Waals surface area contributed by atoms with Crippen molar-refractivity contribution in [3.05, 3.63) is 24.3 Å². The van der Waals surface area contributed by atoms with E-state index in [-0.39, 0.29) is 10.6 Å². The lowest BCUT2D eigenvalue weighted by molar-refractivity contribution is 0.153. The van der Waals surface area contributed by atoms with Crippen molar-refractivity contribution < 1.29 is 17.2 Å². The van der Waals surface area contributed by atoms with Gasteiger partial charge < -0.3 is 5.43 Å². The first-order chi connectivity index (χ1) is 7.47. The average Bonchev–Trinajstić information content (AvgIpc) is 2.26. The Morgan fingerprint density at radius 1 is 1.31 bits per heavy atom. The second kappa shape index (κ2) is 5.19. The van der Waals surface area contributed by atoms with Crippen LogP contribution in [0.25, 0.3) is 0 Å². The van der Waals surface area contributed by atoms with Crippen LogP contribution in [-0.2, 0) is 10.0 Å². The highest BCUT2D eigenvalue weighted by Gasteiger charge is 2.19.